The predicted octanol–water partition coefficient (Wildman–Crippen LogP) is 5.61. The maximum absolute atomic E-state index is 13.4. The summed E-state index contributed by atoms with van der Waals surface area (Å²) in [5.41, 5.74) is 3.36. The molecule has 8 bridgehead atoms. The van der Waals surface area contributed by atoms with E-state index in [0.29, 0.717) is 50.0 Å². The quantitative estimate of drug-likeness (QED) is 0.475. The van der Waals surface area contributed by atoms with Crippen LogP contribution in [0.2, 0.25) is 0 Å². The van der Waals surface area contributed by atoms with Gasteiger partial charge in [0.1, 0.15) is 23.0 Å². The molecule has 0 radical (unpaired) electrons. The molecule has 7 nitrogen and oxygen atoms in total. The summed E-state index contributed by atoms with van der Waals surface area (Å²) in [6.07, 6.45) is 2.70. The molecule has 0 saturated heterocycles. The smallest absolute Gasteiger partial charge is 0.255 e. The van der Waals surface area contributed by atoms with Crippen LogP contribution >= 0.6 is 0 Å². The molecule has 2 N–H and O–H groups in total. The monoisotopic (exact) mass is 514 g/mol. The maximum Gasteiger partial charge on any atom is 0.255 e. The number of phenols is 1. The number of hydrogen-bond acceptors (Lipinski definition) is 5. The van der Waals surface area contributed by atoms with Gasteiger partial charge in [0.2, 0.25) is 5.91 Å². The van der Waals surface area contributed by atoms with Crippen LogP contribution in [0.25, 0.3) is 0 Å². The zero-order valence-electron chi connectivity index (χ0n) is 21.9. The maximum atomic E-state index is 13.4. The third-order valence-corrected chi connectivity index (χ3v) is 7.10. The van der Waals surface area contributed by atoms with Crippen molar-refractivity contribution >= 4 is 11.8 Å². The van der Waals surface area contributed by atoms with Gasteiger partial charge in [0.05, 0.1) is 18.2 Å². The number of carbonyl (C=O) groups is 2. The fourth-order valence-corrected chi connectivity index (χ4v) is 5.08. The standard InChI is InChI=1S/C31H34N2O5/c1-20(2)7-12-29(35)33-15-13-21-17-24-8-10-26(21)30(33)22-5-3-6-23(18-22)37-16-4-14-32-31(36)27-19-25(38-24)9-11-28(27)34/h3,5-6,8-11,17-20,30,34H,4,7,12-16H2,1-2H3,(H,32,36). The van der Waals surface area contributed by atoms with Gasteiger partial charge in [-0.15, -0.1) is 0 Å². The number of fused-ring (bicyclic) bond motifs is 6. The van der Waals surface area contributed by atoms with E-state index in [0.717, 1.165) is 35.3 Å². The highest BCUT2D eigenvalue weighted by Gasteiger charge is 2.32. The van der Waals surface area contributed by atoms with Gasteiger partial charge in [-0.2, -0.15) is 0 Å². The number of aromatic hydroxyl groups is 1. The van der Waals surface area contributed by atoms with Crippen LogP contribution < -0.4 is 14.8 Å². The second-order valence-corrected chi connectivity index (χ2v) is 10.3. The first-order chi connectivity index (χ1) is 18.4. The summed E-state index contributed by atoms with van der Waals surface area (Å²) in [6, 6.07) is 18.3. The van der Waals surface area contributed by atoms with E-state index in [2.05, 4.69) is 25.2 Å². The second kappa shape index (κ2) is 11.2. The van der Waals surface area contributed by atoms with Crippen molar-refractivity contribution in [1.29, 1.82) is 0 Å². The Hall–Kier alpha value is -4.00. The summed E-state index contributed by atoms with van der Waals surface area (Å²) in [6.45, 7) is 5.71. The van der Waals surface area contributed by atoms with Crippen molar-refractivity contribution in [2.45, 2.75) is 45.6 Å². The van der Waals surface area contributed by atoms with Crippen molar-refractivity contribution < 1.29 is 24.2 Å². The van der Waals surface area contributed by atoms with Crippen LogP contribution in [-0.4, -0.2) is 41.5 Å². The molecular weight excluding hydrogens is 480 g/mol. The Bertz CT molecular complexity index is 1340. The van der Waals surface area contributed by atoms with Crippen LogP contribution in [0.1, 0.15) is 66.2 Å². The van der Waals surface area contributed by atoms with Crippen LogP contribution in [0.4, 0.5) is 0 Å². The Kier molecular flexibility index (Phi) is 7.54. The largest absolute Gasteiger partial charge is 0.507 e. The number of ether oxygens (including phenoxy) is 2. The van der Waals surface area contributed by atoms with Crippen LogP contribution in [0.15, 0.2) is 60.7 Å². The average Bonchev–Trinajstić information content (AvgIpc) is 2.91. The molecule has 38 heavy (non-hydrogen) atoms. The molecule has 3 heterocycles. The first-order valence-electron chi connectivity index (χ1n) is 13.3. The molecule has 3 aliphatic heterocycles. The van der Waals surface area contributed by atoms with Crippen LogP contribution in [0.5, 0.6) is 23.0 Å². The van der Waals surface area contributed by atoms with E-state index in [1.807, 2.05) is 41.3 Å². The molecule has 0 spiro atoms. The molecule has 6 rings (SSSR count). The molecule has 7 heteroatoms. The highest BCUT2D eigenvalue weighted by molar-refractivity contribution is 5.97. The molecule has 198 valence electrons. The first-order valence-corrected chi connectivity index (χ1v) is 13.3. The zero-order valence-corrected chi connectivity index (χ0v) is 21.9. The Morgan fingerprint density at radius 3 is 2.74 bits per heavy atom. The lowest BCUT2D eigenvalue weighted by atomic mass is 9.87. The summed E-state index contributed by atoms with van der Waals surface area (Å²) in [4.78, 5) is 28.1. The Balaban J connectivity index is 1.55. The SMILES string of the molecule is CC(C)CCC(=O)N1CCc2cc3ccc2C1c1cccc(c1)OCCCNC(=O)c1cc(ccc1O)O3. The Labute approximate surface area is 223 Å². The lowest BCUT2D eigenvalue weighted by molar-refractivity contribution is -0.133. The molecule has 1 atom stereocenters. The molecular formula is C31H34N2O5. The highest BCUT2D eigenvalue weighted by atomic mass is 16.5. The third-order valence-electron chi connectivity index (χ3n) is 7.10. The molecule has 1 unspecified atom stereocenters. The lowest BCUT2D eigenvalue weighted by Crippen LogP contribution is -2.40. The van der Waals surface area contributed by atoms with E-state index in [4.69, 9.17) is 9.47 Å². The fraction of sp³-hybridized carbons (Fsp3) is 0.355. The lowest BCUT2D eigenvalue weighted by Gasteiger charge is -2.38. The van der Waals surface area contributed by atoms with E-state index >= 15 is 0 Å². The van der Waals surface area contributed by atoms with E-state index in [1.54, 1.807) is 12.1 Å². The van der Waals surface area contributed by atoms with Gasteiger partial charge in [-0.25, -0.2) is 0 Å². The van der Waals surface area contributed by atoms with Crippen molar-refractivity contribution in [3.8, 4) is 23.0 Å². The van der Waals surface area contributed by atoms with Crippen molar-refractivity contribution in [2.75, 3.05) is 19.7 Å². The minimum absolute atomic E-state index is 0.104. The molecule has 3 aliphatic rings. The number of nitrogens with zero attached hydrogens (tertiary/aromatic N) is 1. The van der Waals surface area contributed by atoms with E-state index in [9.17, 15) is 14.7 Å². The Morgan fingerprint density at radius 1 is 1.08 bits per heavy atom. The number of benzene rings is 3. The number of carbonyl (C=O) groups excluding carboxylic acids is 2. The Morgan fingerprint density at radius 2 is 1.89 bits per heavy atom. The van der Waals surface area contributed by atoms with E-state index < -0.39 is 0 Å². The highest BCUT2D eigenvalue weighted by Crippen LogP contribution is 2.39. The average molecular weight is 515 g/mol. The van der Waals surface area contributed by atoms with Crippen molar-refractivity contribution in [3.63, 3.8) is 0 Å². The molecule has 0 fully saturated rings. The van der Waals surface area contributed by atoms with Gasteiger partial charge in [-0.05, 0) is 84.3 Å². The van der Waals surface area contributed by atoms with E-state index in [-0.39, 0.29) is 29.2 Å². The molecule has 2 amide bonds. The second-order valence-electron chi connectivity index (χ2n) is 10.3. The van der Waals surface area contributed by atoms with Gasteiger partial charge >= 0.3 is 0 Å². The number of hydrogen-bond donors (Lipinski definition) is 2. The van der Waals surface area contributed by atoms with Crippen molar-refractivity contribution in [2.24, 2.45) is 5.92 Å². The topological polar surface area (TPSA) is 88.1 Å². The van der Waals surface area contributed by atoms with Gasteiger partial charge in [-0.3, -0.25) is 9.59 Å². The van der Waals surface area contributed by atoms with Crippen LogP contribution in [0.3, 0.4) is 0 Å². The van der Waals surface area contributed by atoms with Gasteiger partial charge in [0, 0.05) is 19.5 Å². The normalized spacial score (nSPS) is 17.2. The van der Waals surface area contributed by atoms with Gasteiger partial charge in [0.25, 0.3) is 5.91 Å². The van der Waals surface area contributed by atoms with Gasteiger partial charge in [0.15, 0.2) is 0 Å². The van der Waals surface area contributed by atoms with Crippen molar-refractivity contribution in [1.82, 2.24) is 10.2 Å². The number of nitrogens with one attached hydrogen (secondary N) is 1. The van der Waals surface area contributed by atoms with Crippen molar-refractivity contribution in [3.05, 3.63) is 82.9 Å². The minimum Gasteiger partial charge on any atom is -0.507 e. The third kappa shape index (κ3) is 5.62. The molecule has 3 aromatic rings. The molecule has 0 aromatic heterocycles. The predicted molar refractivity (Wildman–Crippen MR) is 145 cm³/mol. The van der Waals surface area contributed by atoms with E-state index in [1.165, 1.54) is 6.07 Å². The first kappa shape index (κ1) is 25.6. The molecule has 0 aliphatic carbocycles. The summed E-state index contributed by atoms with van der Waals surface area (Å²) >= 11 is 0. The van der Waals surface area contributed by atoms with Gasteiger partial charge in [-0.1, -0.05) is 32.0 Å². The number of phenolic OH excluding ortho intramolecular Hbond substituents is 1. The summed E-state index contributed by atoms with van der Waals surface area (Å²) in [7, 11) is 0. The summed E-state index contributed by atoms with van der Waals surface area (Å²) in [5, 5.41) is 13.1. The fourth-order valence-electron chi connectivity index (χ4n) is 5.08. The summed E-state index contributed by atoms with van der Waals surface area (Å²) in [5.74, 6) is 1.97. The van der Waals surface area contributed by atoms with Crippen LogP contribution in [0, 0.1) is 5.92 Å². The zero-order chi connectivity index (χ0) is 26.6. The molecule has 0 saturated carbocycles. The van der Waals surface area contributed by atoms with Crippen LogP contribution in [-0.2, 0) is 11.2 Å². The molecule has 3 aromatic carbocycles. The van der Waals surface area contributed by atoms with Gasteiger partial charge < -0.3 is 24.8 Å². The minimum atomic E-state index is -0.369. The summed E-state index contributed by atoms with van der Waals surface area (Å²) < 4.78 is 12.1. The number of amides is 2. The number of rotatable bonds is 3.